The third-order valence-corrected chi connectivity index (χ3v) is 3.84. The van der Waals surface area contributed by atoms with E-state index in [1.54, 1.807) is 0 Å². The van der Waals surface area contributed by atoms with Gasteiger partial charge in [-0.25, -0.2) is 0 Å². The molecular formula is C18H31BrN2. The summed E-state index contributed by atoms with van der Waals surface area (Å²) >= 11 is 3.61. The molecule has 1 rings (SSSR count). The summed E-state index contributed by atoms with van der Waals surface area (Å²) in [4.78, 5) is 2.51. The number of benzene rings is 1. The number of rotatable bonds is 6. The van der Waals surface area contributed by atoms with Gasteiger partial charge in [-0.2, -0.15) is 0 Å². The van der Waals surface area contributed by atoms with Crippen molar-refractivity contribution in [3.63, 3.8) is 0 Å². The molecule has 1 N–H and O–H groups in total. The maximum absolute atomic E-state index is 3.61. The lowest BCUT2D eigenvalue weighted by Gasteiger charge is -2.33. The van der Waals surface area contributed by atoms with Gasteiger partial charge in [-0.1, -0.05) is 29.8 Å². The second-order valence-corrected chi connectivity index (χ2v) is 8.43. The Hall–Kier alpha value is -0.540. The third kappa shape index (κ3) is 6.39. The van der Waals surface area contributed by atoms with E-state index in [1.165, 1.54) is 11.3 Å². The van der Waals surface area contributed by atoms with Crippen LogP contribution in [0, 0.1) is 5.92 Å². The Labute approximate surface area is 139 Å². The zero-order valence-corrected chi connectivity index (χ0v) is 16.2. The Balaban J connectivity index is 3.08. The van der Waals surface area contributed by atoms with Gasteiger partial charge in [-0.15, -0.1) is 0 Å². The fraction of sp³-hybridized carbons (Fsp3) is 0.667. The summed E-state index contributed by atoms with van der Waals surface area (Å²) in [6, 6.07) is 7.13. The molecular weight excluding hydrogens is 324 g/mol. The van der Waals surface area contributed by atoms with Crippen LogP contribution in [0.3, 0.4) is 0 Å². The Bertz CT molecular complexity index is 447. The molecule has 0 radical (unpaired) electrons. The van der Waals surface area contributed by atoms with E-state index >= 15 is 0 Å². The molecule has 0 aromatic heterocycles. The first-order valence-electron chi connectivity index (χ1n) is 7.90. The number of halogens is 1. The lowest BCUT2D eigenvalue weighted by Crippen LogP contribution is -2.38. The number of hydrogen-bond acceptors (Lipinski definition) is 2. The summed E-state index contributed by atoms with van der Waals surface area (Å²) in [5, 5.41) is 3.61. The Morgan fingerprint density at radius 2 is 1.76 bits per heavy atom. The molecule has 21 heavy (non-hydrogen) atoms. The van der Waals surface area contributed by atoms with Crippen LogP contribution in [-0.2, 0) is 6.54 Å². The zero-order chi connectivity index (χ0) is 16.2. The topological polar surface area (TPSA) is 15.3 Å². The summed E-state index contributed by atoms with van der Waals surface area (Å²) in [5.41, 5.74) is 2.83. The average Bonchev–Trinajstić information content (AvgIpc) is 2.32. The van der Waals surface area contributed by atoms with Gasteiger partial charge in [0.15, 0.2) is 0 Å². The van der Waals surface area contributed by atoms with Gasteiger partial charge in [0.05, 0.1) is 0 Å². The number of anilines is 1. The van der Waals surface area contributed by atoms with Crippen molar-refractivity contribution in [1.29, 1.82) is 0 Å². The summed E-state index contributed by atoms with van der Waals surface area (Å²) in [5.74, 6) is 0.652. The van der Waals surface area contributed by atoms with Crippen LogP contribution in [0.1, 0.15) is 54.0 Å². The van der Waals surface area contributed by atoms with E-state index in [0.717, 1.165) is 17.6 Å². The SMILES string of the molecule is CC(C)CN(c1ccc(Br)cc1CNC(C)(C)C)C(C)C. The van der Waals surface area contributed by atoms with Gasteiger partial charge >= 0.3 is 0 Å². The van der Waals surface area contributed by atoms with E-state index in [1.807, 2.05) is 0 Å². The van der Waals surface area contributed by atoms with Crippen molar-refractivity contribution >= 4 is 21.6 Å². The second kappa shape index (κ2) is 7.64. The number of nitrogens with one attached hydrogen (secondary N) is 1. The molecule has 0 aliphatic rings. The van der Waals surface area contributed by atoms with Crippen LogP contribution in [0.2, 0.25) is 0 Å². The highest BCUT2D eigenvalue weighted by Crippen LogP contribution is 2.27. The highest BCUT2D eigenvalue weighted by Gasteiger charge is 2.17. The summed E-state index contributed by atoms with van der Waals surface area (Å²) in [7, 11) is 0. The molecule has 1 aromatic rings. The monoisotopic (exact) mass is 354 g/mol. The Kier molecular flexibility index (Phi) is 6.73. The molecule has 0 aliphatic carbocycles. The highest BCUT2D eigenvalue weighted by atomic mass is 79.9. The molecule has 0 unspecified atom stereocenters. The van der Waals surface area contributed by atoms with Gasteiger partial charge in [0.1, 0.15) is 0 Å². The standard InChI is InChI=1S/C18H31BrN2/c1-13(2)12-21(14(3)4)17-9-8-16(19)10-15(17)11-20-18(5,6)7/h8-10,13-14,20H,11-12H2,1-7H3. The Morgan fingerprint density at radius 1 is 1.14 bits per heavy atom. The van der Waals surface area contributed by atoms with Crippen LogP contribution in [0.5, 0.6) is 0 Å². The molecule has 0 fully saturated rings. The zero-order valence-electron chi connectivity index (χ0n) is 14.6. The molecule has 0 atom stereocenters. The van der Waals surface area contributed by atoms with Gasteiger partial charge < -0.3 is 10.2 Å². The van der Waals surface area contributed by atoms with Crippen LogP contribution >= 0.6 is 15.9 Å². The predicted octanol–water partition coefficient (Wildman–Crippen LogP) is 5.21. The van der Waals surface area contributed by atoms with E-state index in [2.05, 4.69) is 92.8 Å². The molecule has 120 valence electrons. The minimum absolute atomic E-state index is 0.125. The smallest absolute Gasteiger partial charge is 0.0415 e. The molecule has 0 bridgehead atoms. The van der Waals surface area contributed by atoms with Gasteiger partial charge in [0.25, 0.3) is 0 Å². The molecule has 3 heteroatoms. The van der Waals surface area contributed by atoms with Gasteiger partial charge in [0, 0.05) is 34.8 Å². The lowest BCUT2D eigenvalue weighted by atomic mass is 10.1. The Morgan fingerprint density at radius 3 is 2.24 bits per heavy atom. The first kappa shape index (κ1) is 18.5. The molecule has 0 spiro atoms. The molecule has 0 saturated carbocycles. The molecule has 0 heterocycles. The normalized spacial score (nSPS) is 12.3. The van der Waals surface area contributed by atoms with E-state index in [-0.39, 0.29) is 5.54 Å². The van der Waals surface area contributed by atoms with Crippen LogP contribution in [-0.4, -0.2) is 18.1 Å². The second-order valence-electron chi connectivity index (χ2n) is 7.52. The largest absolute Gasteiger partial charge is 0.369 e. The van der Waals surface area contributed by atoms with Crippen LogP contribution < -0.4 is 10.2 Å². The van der Waals surface area contributed by atoms with E-state index in [4.69, 9.17) is 0 Å². The summed E-state index contributed by atoms with van der Waals surface area (Å²) in [6.45, 7) is 17.7. The van der Waals surface area contributed by atoms with Crippen LogP contribution in [0.15, 0.2) is 22.7 Å². The molecule has 0 amide bonds. The van der Waals surface area contributed by atoms with Crippen molar-refractivity contribution in [3.05, 3.63) is 28.2 Å². The van der Waals surface area contributed by atoms with Gasteiger partial charge in [-0.3, -0.25) is 0 Å². The van der Waals surface area contributed by atoms with Crippen molar-refractivity contribution in [1.82, 2.24) is 5.32 Å². The van der Waals surface area contributed by atoms with E-state index < -0.39 is 0 Å². The van der Waals surface area contributed by atoms with Gasteiger partial charge in [-0.05, 0) is 64.3 Å². The summed E-state index contributed by atoms with van der Waals surface area (Å²) < 4.78 is 1.14. The fourth-order valence-corrected chi connectivity index (χ4v) is 2.73. The first-order valence-corrected chi connectivity index (χ1v) is 8.69. The van der Waals surface area contributed by atoms with Crippen molar-refractivity contribution in [2.24, 2.45) is 5.92 Å². The first-order chi connectivity index (χ1) is 9.60. The minimum atomic E-state index is 0.125. The average molecular weight is 355 g/mol. The molecule has 0 aliphatic heterocycles. The van der Waals surface area contributed by atoms with Crippen molar-refractivity contribution in [3.8, 4) is 0 Å². The molecule has 2 nitrogen and oxygen atoms in total. The highest BCUT2D eigenvalue weighted by molar-refractivity contribution is 9.10. The number of nitrogens with zero attached hydrogens (tertiary/aromatic N) is 1. The lowest BCUT2D eigenvalue weighted by molar-refractivity contribution is 0.423. The maximum atomic E-state index is 3.61. The summed E-state index contributed by atoms with van der Waals surface area (Å²) in [6.07, 6.45) is 0. The van der Waals surface area contributed by atoms with Crippen molar-refractivity contribution in [2.75, 3.05) is 11.4 Å². The van der Waals surface area contributed by atoms with E-state index in [9.17, 15) is 0 Å². The third-order valence-electron chi connectivity index (χ3n) is 3.35. The quantitative estimate of drug-likeness (QED) is 0.754. The molecule has 1 aromatic carbocycles. The van der Waals surface area contributed by atoms with Crippen LogP contribution in [0.4, 0.5) is 5.69 Å². The van der Waals surface area contributed by atoms with Crippen molar-refractivity contribution < 1.29 is 0 Å². The number of hydrogen-bond donors (Lipinski definition) is 1. The minimum Gasteiger partial charge on any atom is -0.369 e. The van der Waals surface area contributed by atoms with E-state index in [0.29, 0.717) is 12.0 Å². The fourth-order valence-electron chi connectivity index (χ4n) is 2.32. The van der Waals surface area contributed by atoms with Crippen LogP contribution in [0.25, 0.3) is 0 Å². The van der Waals surface area contributed by atoms with Crippen molar-refractivity contribution in [2.45, 2.75) is 66.6 Å². The van der Waals surface area contributed by atoms with Gasteiger partial charge in [0.2, 0.25) is 0 Å². The molecule has 0 saturated heterocycles. The predicted molar refractivity (Wildman–Crippen MR) is 98.1 cm³/mol. The maximum Gasteiger partial charge on any atom is 0.0415 e.